The number of hydrogen-bond acceptors (Lipinski definition) is 4. The van der Waals surface area contributed by atoms with Gasteiger partial charge in [-0.3, -0.25) is 4.90 Å². The van der Waals surface area contributed by atoms with Crippen LogP contribution in [-0.2, 0) is 11.3 Å². The molecule has 114 valence electrons. The molecule has 2 heterocycles. The first-order chi connectivity index (χ1) is 10.1. The second-order valence-corrected chi connectivity index (χ2v) is 6.08. The Morgan fingerprint density at radius 2 is 2.19 bits per heavy atom. The van der Waals surface area contributed by atoms with Gasteiger partial charge in [0.05, 0.1) is 0 Å². The normalized spacial score (nSPS) is 26.0. The maximum atomic E-state index is 10.7. The summed E-state index contributed by atoms with van der Waals surface area (Å²) in [6.45, 7) is 3.97. The molecule has 0 amide bonds. The van der Waals surface area contributed by atoms with Crippen molar-refractivity contribution in [3.05, 3.63) is 29.8 Å². The molecule has 21 heavy (non-hydrogen) atoms. The number of aliphatic carboxylic acids is 1. The fourth-order valence-electron chi connectivity index (χ4n) is 3.54. The Kier molecular flexibility index (Phi) is 4.12. The van der Waals surface area contributed by atoms with E-state index < -0.39 is 5.97 Å². The van der Waals surface area contributed by atoms with Crippen LogP contribution in [0.3, 0.4) is 0 Å². The number of nitrogens with zero attached hydrogens (tertiary/aromatic N) is 2. The second kappa shape index (κ2) is 6.03. The third-order valence-corrected chi connectivity index (χ3v) is 4.62. The van der Waals surface area contributed by atoms with Crippen molar-refractivity contribution in [1.82, 2.24) is 9.80 Å². The number of ether oxygens (including phenoxy) is 1. The van der Waals surface area contributed by atoms with Crippen LogP contribution in [-0.4, -0.2) is 60.2 Å². The third-order valence-electron chi connectivity index (χ3n) is 4.62. The van der Waals surface area contributed by atoms with Gasteiger partial charge in [-0.05, 0) is 32.0 Å². The molecule has 0 radical (unpaired) electrons. The van der Waals surface area contributed by atoms with E-state index in [-0.39, 0.29) is 6.61 Å². The van der Waals surface area contributed by atoms with E-state index in [2.05, 4.69) is 16.8 Å². The smallest absolute Gasteiger partial charge is 0.341 e. The van der Waals surface area contributed by atoms with Gasteiger partial charge in [-0.25, -0.2) is 4.79 Å². The highest BCUT2D eigenvalue weighted by Crippen LogP contribution is 2.32. The van der Waals surface area contributed by atoms with E-state index >= 15 is 0 Å². The molecule has 3 rings (SSSR count). The van der Waals surface area contributed by atoms with Crippen LogP contribution in [0.4, 0.5) is 0 Å². The predicted octanol–water partition coefficient (Wildman–Crippen LogP) is 1.29. The van der Waals surface area contributed by atoms with Crippen molar-refractivity contribution in [3.8, 4) is 5.75 Å². The van der Waals surface area contributed by atoms with Gasteiger partial charge in [-0.1, -0.05) is 18.2 Å². The van der Waals surface area contributed by atoms with Gasteiger partial charge in [-0.15, -0.1) is 0 Å². The molecule has 0 spiro atoms. The number of fused-ring (bicyclic) bond motifs is 1. The highest BCUT2D eigenvalue weighted by atomic mass is 16.5. The van der Waals surface area contributed by atoms with Gasteiger partial charge in [0, 0.05) is 31.2 Å². The maximum Gasteiger partial charge on any atom is 0.341 e. The monoisotopic (exact) mass is 290 g/mol. The third kappa shape index (κ3) is 3.19. The second-order valence-electron chi connectivity index (χ2n) is 6.08. The zero-order chi connectivity index (χ0) is 14.8. The zero-order valence-electron chi connectivity index (χ0n) is 12.4. The van der Waals surface area contributed by atoms with Gasteiger partial charge in [0.15, 0.2) is 6.61 Å². The van der Waals surface area contributed by atoms with Crippen LogP contribution in [0.25, 0.3) is 0 Å². The summed E-state index contributed by atoms with van der Waals surface area (Å²) in [5.74, 6) is 0.523. The van der Waals surface area contributed by atoms with Gasteiger partial charge in [0.2, 0.25) is 0 Å². The number of carboxylic acids is 1. The minimum absolute atomic E-state index is 0.287. The highest BCUT2D eigenvalue weighted by molar-refractivity contribution is 5.68. The molecule has 0 unspecified atom stereocenters. The summed E-state index contributed by atoms with van der Waals surface area (Å²) >= 11 is 0. The minimum Gasteiger partial charge on any atom is -0.482 e. The molecule has 1 N–H and O–H groups in total. The Morgan fingerprint density at radius 3 is 2.95 bits per heavy atom. The fraction of sp³-hybridized carbons (Fsp3) is 0.562. The molecule has 1 aromatic carbocycles. The molecule has 5 heteroatoms. The highest BCUT2D eigenvalue weighted by Gasteiger charge is 2.39. The van der Waals surface area contributed by atoms with Crippen LogP contribution in [0.1, 0.15) is 12.0 Å². The summed E-state index contributed by atoms with van der Waals surface area (Å²) in [5, 5.41) is 8.75. The Bertz CT molecular complexity index is 520. The summed E-state index contributed by atoms with van der Waals surface area (Å²) < 4.78 is 5.39. The molecule has 0 aromatic heterocycles. The van der Waals surface area contributed by atoms with Crippen LogP contribution in [0.15, 0.2) is 24.3 Å². The van der Waals surface area contributed by atoms with Crippen molar-refractivity contribution in [1.29, 1.82) is 0 Å². The SMILES string of the molecule is CN1CC[C@H]2CN(Cc3ccccc3OCC(=O)O)C[C@H]21. The molecule has 1 aromatic rings. The molecular weight excluding hydrogens is 268 g/mol. The first-order valence-corrected chi connectivity index (χ1v) is 7.48. The van der Waals surface area contributed by atoms with Crippen molar-refractivity contribution in [2.45, 2.75) is 19.0 Å². The lowest BCUT2D eigenvalue weighted by molar-refractivity contribution is -0.139. The van der Waals surface area contributed by atoms with E-state index in [4.69, 9.17) is 9.84 Å². The van der Waals surface area contributed by atoms with Crippen LogP contribution in [0.2, 0.25) is 0 Å². The largest absolute Gasteiger partial charge is 0.482 e. The summed E-state index contributed by atoms with van der Waals surface area (Å²) in [4.78, 5) is 15.6. The quantitative estimate of drug-likeness (QED) is 0.885. The summed E-state index contributed by atoms with van der Waals surface area (Å²) in [6.07, 6.45) is 1.29. The van der Waals surface area contributed by atoms with Crippen LogP contribution in [0, 0.1) is 5.92 Å². The Balaban J connectivity index is 1.64. The summed E-state index contributed by atoms with van der Waals surface area (Å²) in [7, 11) is 2.21. The number of para-hydroxylation sites is 1. The van der Waals surface area contributed by atoms with Crippen molar-refractivity contribution >= 4 is 5.97 Å². The average Bonchev–Trinajstić information content (AvgIpc) is 3.00. The zero-order valence-corrected chi connectivity index (χ0v) is 12.4. The minimum atomic E-state index is -0.942. The average molecular weight is 290 g/mol. The molecule has 0 saturated carbocycles. The molecular formula is C16H22N2O3. The molecule has 2 atom stereocenters. The van der Waals surface area contributed by atoms with Crippen LogP contribution in [0.5, 0.6) is 5.75 Å². The van der Waals surface area contributed by atoms with Crippen LogP contribution >= 0.6 is 0 Å². The summed E-state index contributed by atoms with van der Waals surface area (Å²) in [6, 6.07) is 8.41. The van der Waals surface area contributed by atoms with E-state index in [9.17, 15) is 4.79 Å². The van der Waals surface area contributed by atoms with E-state index in [0.29, 0.717) is 11.8 Å². The lowest BCUT2D eigenvalue weighted by atomic mass is 10.1. The number of hydrogen-bond donors (Lipinski definition) is 1. The Labute approximate surface area is 125 Å². The number of carbonyl (C=O) groups is 1. The van der Waals surface area contributed by atoms with E-state index in [1.807, 2.05) is 24.3 Å². The predicted molar refractivity (Wildman–Crippen MR) is 79.4 cm³/mol. The van der Waals surface area contributed by atoms with Crippen molar-refractivity contribution in [2.24, 2.45) is 5.92 Å². The number of carboxylic acid groups (broad SMARTS) is 1. The first kappa shape index (κ1) is 14.4. The van der Waals surface area contributed by atoms with Crippen molar-refractivity contribution < 1.29 is 14.6 Å². The molecule has 2 aliphatic heterocycles. The van der Waals surface area contributed by atoms with E-state index in [0.717, 1.165) is 31.1 Å². The van der Waals surface area contributed by atoms with Crippen molar-refractivity contribution in [3.63, 3.8) is 0 Å². The van der Waals surface area contributed by atoms with Gasteiger partial charge in [0.25, 0.3) is 0 Å². The molecule has 2 saturated heterocycles. The van der Waals surface area contributed by atoms with Gasteiger partial charge >= 0.3 is 5.97 Å². The van der Waals surface area contributed by atoms with Crippen LogP contribution < -0.4 is 4.74 Å². The molecule has 0 aliphatic carbocycles. The van der Waals surface area contributed by atoms with E-state index in [1.54, 1.807) is 0 Å². The fourth-order valence-corrected chi connectivity index (χ4v) is 3.54. The maximum absolute atomic E-state index is 10.7. The number of benzene rings is 1. The first-order valence-electron chi connectivity index (χ1n) is 7.48. The number of likely N-dealkylation sites (tertiary alicyclic amines) is 2. The molecule has 2 aliphatic rings. The summed E-state index contributed by atoms with van der Waals surface area (Å²) in [5.41, 5.74) is 1.07. The lowest BCUT2D eigenvalue weighted by Crippen LogP contribution is -2.32. The van der Waals surface area contributed by atoms with Crippen molar-refractivity contribution in [2.75, 3.05) is 33.3 Å². The standard InChI is InChI=1S/C16H22N2O3/c1-17-7-6-12-8-18(10-14(12)17)9-13-4-2-3-5-15(13)21-11-16(19)20/h2-5,12,14H,6-11H2,1H3,(H,19,20)/t12-,14+/m0/s1. The molecule has 5 nitrogen and oxygen atoms in total. The number of rotatable bonds is 5. The molecule has 2 fully saturated rings. The van der Waals surface area contributed by atoms with E-state index in [1.165, 1.54) is 13.0 Å². The number of likely N-dealkylation sites (N-methyl/N-ethyl adjacent to an activating group) is 1. The Morgan fingerprint density at radius 1 is 1.38 bits per heavy atom. The lowest BCUT2D eigenvalue weighted by Gasteiger charge is -2.21. The Hall–Kier alpha value is -1.59. The van der Waals surface area contributed by atoms with Gasteiger partial charge in [0.1, 0.15) is 5.75 Å². The van der Waals surface area contributed by atoms with Gasteiger partial charge < -0.3 is 14.7 Å². The molecule has 0 bridgehead atoms. The van der Waals surface area contributed by atoms with Gasteiger partial charge in [-0.2, -0.15) is 0 Å². The topological polar surface area (TPSA) is 53.0 Å².